The second-order valence-corrected chi connectivity index (χ2v) is 3.16. The lowest BCUT2D eigenvalue weighted by atomic mass is 10.1. The van der Waals surface area contributed by atoms with Crippen molar-refractivity contribution in [3.05, 3.63) is 40.4 Å². The smallest absolute Gasteiger partial charge is 0.371 e. The fraction of sp³-hybridized carbons (Fsp3) is 0.0909. The Labute approximate surface area is 89.9 Å². The van der Waals surface area contributed by atoms with Gasteiger partial charge in [0.2, 0.25) is 5.76 Å². The molecule has 0 aliphatic carbocycles. The van der Waals surface area contributed by atoms with Crippen LogP contribution in [0, 0.1) is 0 Å². The lowest BCUT2D eigenvalue weighted by Gasteiger charge is -2.01. The fourth-order valence-corrected chi connectivity index (χ4v) is 1.40. The number of hydrogen-bond donors (Lipinski definition) is 1. The van der Waals surface area contributed by atoms with Crippen LogP contribution in [0.1, 0.15) is 10.6 Å². The molecule has 0 bridgehead atoms. The number of rotatable bonds is 2. The van der Waals surface area contributed by atoms with Crippen LogP contribution < -0.4 is 10.4 Å². The Hall–Kier alpha value is -2.30. The number of carbonyl (C=O) groups is 1. The third-order valence-corrected chi connectivity index (χ3v) is 2.18. The van der Waals surface area contributed by atoms with Gasteiger partial charge in [0.15, 0.2) is 0 Å². The summed E-state index contributed by atoms with van der Waals surface area (Å²) < 4.78 is 9.61. The number of ether oxygens (including phenoxy) is 1. The molecule has 82 valence electrons. The van der Waals surface area contributed by atoms with Gasteiger partial charge in [-0.15, -0.1) is 0 Å². The number of methoxy groups -OCH3 is 1. The summed E-state index contributed by atoms with van der Waals surface area (Å²) in [6.45, 7) is 0. The summed E-state index contributed by atoms with van der Waals surface area (Å²) in [7, 11) is 1.49. The van der Waals surface area contributed by atoms with Gasteiger partial charge in [-0.3, -0.25) is 0 Å². The Morgan fingerprint density at radius 2 is 2.12 bits per heavy atom. The van der Waals surface area contributed by atoms with Crippen LogP contribution >= 0.6 is 0 Å². The van der Waals surface area contributed by atoms with Crippen LogP contribution in [0.2, 0.25) is 0 Å². The van der Waals surface area contributed by atoms with Crippen molar-refractivity contribution in [1.82, 2.24) is 0 Å². The Bertz CT molecular complexity index is 611. The molecule has 0 spiro atoms. The molecule has 0 unspecified atom stereocenters. The number of carboxylic acids is 1. The highest BCUT2D eigenvalue weighted by molar-refractivity contribution is 5.91. The number of benzene rings is 1. The average Bonchev–Trinajstić information content (AvgIpc) is 2.28. The predicted octanol–water partition coefficient (Wildman–Crippen LogP) is 1.50. The Morgan fingerprint density at radius 3 is 2.75 bits per heavy atom. The maximum atomic E-state index is 11.4. The quantitative estimate of drug-likeness (QED) is 0.829. The Kier molecular flexibility index (Phi) is 2.36. The predicted molar refractivity (Wildman–Crippen MR) is 56.0 cm³/mol. The highest BCUT2D eigenvalue weighted by atomic mass is 16.5. The highest BCUT2D eigenvalue weighted by Gasteiger charge is 2.10. The highest BCUT2D eigenvalue weighted by Crippen LogP contribution is 2.19. The summed E-state index contributed by atoms with van der Waals surface area (Å²) in [6.07, 6.45) is 0. The van der Waals surface area contributed by atoms with Gasteiger partial charge >= 0.3 is 11.6 Å². The van der Waals surface area contributed by atoms with Crippen molar-refractivity contribution in [3.63, 3.8) is 0 Å². The first-order valence-corrected chi connectivity index (χ1v) is 4.47. The molecule has 0 saturated carbocycles. The molecule has 0 amide bonds. The minimum Gasteiger partial charge on any atom is -0.497 e. The average molecular weight is 220 g/mol. The second kappa shape index (κ2) is 3.69. The number of carboxylic acid groups (broad SMARTS) is 1. The van der Waals surface area contributed by atoms with Gasteiger partial charge in [-0.05, 0) is 29.7 Å². The van der Waals surface area contributed by atoms with E-state index in [-0.39, 0.29) is 5.76 Å². The molecule has 0 atom stereocenters. The van der Waals surface area contributed by atoms with Crippen molar-refractivity contribution < 1.29 is 19.1 Å². The van der Waals surface area contributed by atoms with Crippen LogP contribution in [-0.2, 0) is 0 Å². The summed E-state index contributed by atoms with van der Waals surface area (Å²) in [5.74, 6) is -1.11. The maximum absolute atomic E-state index is 11.4. The SMILES string of the molecule is COc1ccc2c(=O)oc(C(=O)O)cc2c1. The number of hydrogen-bond acceptors (Lipinski definition) is 4. The van der Waals surface area contributed by atoms with E-state index in [0.29, 0.717) is 16.5 Å². The molecular weight excluding hydrogens is 212 g/mol. The normalized spacial score (nSPS) is 10.3. The number of fused-ring (bicyclic) bond motifs is 1. The van der Waals surface area contributed by atoms with E-state index in [4.69, 9.17) is 9.84 Å². The number of aromatic carboxylic acids is 1. The molecule has 5 nitrogen and oxygen atoms in total. The molecular formula is C11H8O5. The van der Waals surface area contributed by atoms with Crippen LogP contribution in [0.4, 0.5) is 0 Å². The summed E-state index contributed by atoms with van der Waals surface area (Å²) in [6, 6.07) is 6.02. The van der Waals surface area contributed by atoms with E-state index in [0.717, 1.165) is 0 Å². The lowest BCUT2D eigenvalue weighted by Crippen LogP contribution is -2.06. The molecule has 0 saturated heterocycles. The second-order valence-electron chi connectivity index (χ2n) is 3.16. The van der Waals surface area contributed by atoms with E-state index in [1.54, 1.807) is 12.1 Å². The van der Waals surface area contributed by atoms with Crippen LogP contribution in [0.3, 0.4) is 0 Å². The third-order valence-electron chi connectivity index (χ3n) is 2.18. The van der Waals surface area contributed by atoms with E-state index in [1.807, 2.05) is 0 Å². The van der Waals surface area contributed by atoms with E-state index in [9.17, 15) is 9.59 Å². The zero-order valence-electron chi connectivity index (χ0n) is 8.39. The first-order valence-electron chi connectivity index (χ1n) is 4.47. The van der Waals surface area contributed by atoms with E-state index in [2.05, 4.69) is 4.42 Å². The maximum Gasteiger partial charge on any atom is 0.371 e. The lowest BCUT2D eigenvalue weighted by molar-refractivity contribution is 0.0658. The molecule has 0 aliphatic heterocycles. The molecule has 1 heterocycles. The first-order chi connectivity index (χ1) is 7.61. The minimum atomic E-state index is -1.28. The van der Waals surface area contributed by atoms with Crippen LogP contribution in [0.15, 0.2) is 33.5 Å². The zero-order chi connectivity index (χ0) is 11.7. The summed E-state index contributed by atoms with van der Waals surface area (Å²) in [5.41, 5.74) is -0.669. The Morgan fingerprint density at radius 1 is 1.38 bits per heavy atom. The molecule has 2 aromatic rings. The zero-order valence-corrected chi connectivity index (χ0v) is 8.39. The van der Waals surface area contributed by atoms with E-state index in [1.165, 1.54) is 19.2 Å². The van der Waals surface area contributed by atoms with Crippen molar-refractivity contribution >= 4 is 16.7 Å². The van der Waals surface area contributed by atoms with Crippen molar-refractivity contribution in [2.45, 2.75) is 0 Å². The van der Waals surface area contributed by atoms with Gasteiger partial charge < -0.3 is 14.3 Å². The summed E-state index contributed by atoms with van der Waals surface area (Å²) in [5, 5.41) is 9.54. The molecule has 0 aliphatic rings. The summed E-state index contributed by atoms with van der Waals surface area (Å²) >= 11 is 0. The first kappa shape index (κ1) is 10.2. The molecule has 16 heavy (non-hydrogen) atoms. The summed E-state index contributed by atoms with van der Waals surface area (Å²) in [4.78, 5) is 22.1. The van der Waals surface area contributed by atoms with Crippen LogP contribution in [0.5, 0.6) is 5.75 Å². The molecule has 1 N–H and O–H groups in total. The van der Waals surface area contributed by atoms with Gasteiger partial charge in [0.05, 0.1) is 12.5 Å². The Balaban J connectivity index is 2.78. The molecule has 1 aromatic heterocycles. The van der Waals surface area contributed by atoms with Gasteiger partial charge in [0.25, 0.3) is 0 Å². The van der Waals surface area contributed by atoms with Gasteiger partial charge in [-0.25, -0.2) is 9.59 Å². The van der Waals surface area contributed by atoms with Crippen molar-refractivity contribution in [2.75, 3.05) is 7.11 Å². The monoisotopic (exact) mass is 220 g/mol. The molecule has 0 fully saturated rings. The van der Waals surface area contributed by atoms with Crippen LogP contribution in [0.25, 0.3) is 10.8 Å². The molecule has 0 radical (unpaired) electrons. The largest absolute Gasteiger partial charge is 0.497 e. The van der Waals surface area contributed by atoms with Gasteiger partial charge in [-0.2, -0.15) is 0 Å². The van der Waals surface area contributed by atoms with Crippen molar-refractivity contribution in [2.24, 2.45) is 0 Å². The van der Waals surface area contributed by atoms with Crippen LogP contribution in [-0.4, -0.2) is 18.2 Å². The van der Waals surface area contributed by atoms with E-state index >= 15 is 0 Å². The van der Waals surface area contributed by atoms with Gasteiger partial charge in [0, 0.05) is 0 Å². The van der Waals surface area contributed by atoms with Crippen molar-refractivity contribution in [3.8, 4) is 5.75 Å². The standard InChI is InChI=1S/C11H8O5/c1-15-7-2-3-8-6(4-7)5-9(10(12)13)16-11(8)14/h2-5H,1H3,(H,12,13). The third kappa shape index (κ3) is 1.63. The fourth-order valence-electron chi connectivity index (χ4n) is 1.40. The van der Waals surface area contributed by atoms with Crippen molar-refractivity contribution in [1.29, 1.82) is 0 Å². The molecule has 1 aromatic carbocycles. The minimum absolute atomic E-state index is 0.325. The molecule has 5 heteroatoms. The van der Waals surface area contributed by atoms with Gasteiger partial charge in [-0.1, -0.05) is 0 Å². The van der Waals surface area contributed by atoms with E-state index < -0.39 is 11.6 Å². The van der Waals surface area contributed by atoms with Gasteiger partial charge in [0.1, 0.15) is 5.75 Å². The molecule has 2 rings (SSSR count). The topological polar surface area (TPSA) is 76.7 Å².